The van der Waals surface area contributed by atoms with Crippen LogP contribution in [-0.4, -0.2) is 30.7 Å². The van der Waals surface area contributed by atoms with Crippen molar-refractivity contribution in [2.24, 2.45) is 4.99 Å². The number of ether oxygens (including phenoxy) is 2. The van der Waals surface area contributed by atoms with Crippen LogP contribution in [0.5, 0.6) is 5.75 Å². The van der Waals surface area contributed by atoms with E-state index in [9.17, 15) is 14.4 Å². The van der Waals surface area contributed by atoms with E-state index in [-0.39, 0.29) is 11.5 Å². The molecule has 0 saturated carbocycles. The van der Waals surface area contributed by atoms with Crippen molar-refractivity contribution >= 4 is 35.0 Å². The number of methoxy groups -OCH3 is 2. The minimum absolute atomic E-state index is 0.327. The molecule has 0 fully saturated rings. The Labute approximate surface area is 256 Å². The molecule has 5 aromatic rings. The Morgan fingerprint density at radius 2 is 1.75 bits per heavy atom. The molecule has 0 saturated heterocycles. The number of nitrogens with one attached hydrogen (secondary N) is 1. The number of thiazole rings is 1. The molecular weight excluding hydrogens is 578 g/mol. The van der Waals surface area contributed by atoms with Crippen molar-refractivity contribution in [3.05, 3.63) is 139 Å². The Kier molecular flexibility index (Phi) is 7.82. The summed E-state index contributed by atoms with van der Waals surface area (Å²) in [5, 5.41) is 2.95. The van der Waals surface area contributed by atoms with Crippen LogP contribution in [0.15, 0.2) is 116 Å². The van der Waals surface area contributed by atoms with Crippen molar-refractivity contribution in [1.82, 2.24) is 4.57 Å². The van der Waals surface area contributed by atoms with Gasteiger partial charge >= 0.3 is 5.97 Å². The second-order valence-electron chi connectivity index (χ2n) is 9.92. The van der Waals surface area contributed by atoms with Gasteiger partial charge in [-0.25, -0.2) is 9.79 Å². The molecule has 3 aromatic carbocycles. The molecule has 0 aliphatic carbocycles. The molecule has 0 unspecified atom stereocenters. The maximum atomic E-state index is 14.0. The molecule has 3 heterocycles. The number of nitrogens with zero attached hydrogens (tertiary/aromatic N) is 2. The average Bonchev–Trinajstić information content (AvgIpc) is 3.64. The molecule has 1 aliphatic rings. The van der Waals surface area contributed by atoms with Gasteiger partial charge in [0.1, 0.15) is 17.3 Å². The number of fused-ring (bicyclic) bond motifs is 1. The van der Waals surface area contributed by atoms with Gasteiger partial charge in [-0.1, -0.05) is 59.9 Å². The first-order valence-corrected chi connectivity index (χ1v) is 14.5. The second kappa shape index (κ2) is 12.0. The third-order valence-electron chi connectivity index (χ3n) is 7.21. The fourth-order valence-electron chi connectivity index (χ4n) is 5.15. The number of benzene rings is 3. The van der Waals surface area contributed by atoms with Crippen LogP contribution in [0.25, 0.3) is 17.4 Å². The van der Waals surface area contributed by atoms with Gasteiger partial charge in [-0.15, -0.1) is 0 Å². The molecule has 0 radical (unpaired) electrons. The van der Waals surface area contributed by atoms with Crippen molar-refractivity contribution < 1.29 is 23.5 Å². The summed E-state index contributed by atoms with van der Waals surface area (Å²) in [6, 6.07) is 26.1. The number of allylic oxidation sites excluding steroid dienone is 1. The minimum Gasteiger partial charge on any atom is -0.497 e. The topological polar surface area (TPSA) is 112 Å². The summed E-state index contributed by atoms with van der Waals surface area (Å²) in [6.45, 7) is 1.77. The molecule has 220 valence electrons. The third-order valence-corrected chi connectivity index (χ3v) is 8.19. The van der Waals surface area contributed by atoms with E-state index in [1.54, 1.807) is 74.7 Å². The SMILES string of the molecule is COC(=O)c1ccccc1-c1ccc(/C=c2/sc3n(c2=O)[C@@H](c2cccc(OC)c2)C(C(=O)Nc2ccccc2)=C(C)N=3)o1. The summed E-state index contributed by atoms with van der Waals surface area (Å²) < 4.78 is 18.3. The molecule has 2 aromatic heterocycles. The highest BCUT2D eigenvalue weighted by atomic mass is 32.1. The van der Waals surface area contributed by atoms with Crippen molar-refractivity contribution in [2.45, 2.75) is 13.0 Å². The Morgan fingerprint density at radius 3 is 2.52 bits per heavy atom. The number of aromatic nitrogens is 1. The van der Waals surface area contributed by atoms with E-state index in [1.165, 1.54) is 23.0 Å². The van der Waals surface area contributed by atoms with Crippen LogP contribution in [0, 0.1) is 0 Å². The number of anilines is 1. The van der Waals surface area contributed by atoms with Gasteiger partial charge in [-0.3, -0.25) is 14.2 Å². The van der Waals surface area contributed by atoms with Crippen LogP contribution in [-0.2, 0) is 9.53 Å². The summed E-state index contributed by atoms with van der Waals surface area (Å²) in [5.74, 6) is 0.624. The van der Waals surface area contributed by atoms with Crippen molar-refractivity contribution in [3.63, 3.8) is 0 Å². The molecule has 44 heavy (non-hydrogen) atoms. The standard InChI is InChI=1S/C34H27N3O6S/c1-20-29(31(38)36-22-11-5-4-6-12-22)30(21-10-9-13-23(18-21)41-2)37-32(39)28(44-34(37)35-20)19-24-16-17-27(43-24)25-14-7-8-15-26(25)33(40)42-3/h4-19,30H,1-3H3,(H,36,38)/b28-19+/t30-/m0/s1. The summed E-state index contributed by atoms with van der Waals surface area (Å²) >= 11 is 1.20. The lowest BCUT2D eigenvalue weighted by Crippen LogP contribution is -2.40. The van der Waals surface area contributed by atoms with Gasteiger partial charge < -0.3 is 19.2 Å². The number of carbonyl (C=O) groups is 2. The van der Waals surface area contributed by atoms with E-state index >= 15 is 0 Å². The molecule has 9 nitrogen and oxygen atoms in total. The van der Waals surface area contributed by atoms with Gasteiger partial charge in [0.05, 0.1) is 41.6 Å². The molecule has 6 rings (SSSR count). The monoisotopic (exact) mass is 605 g/mol. The first-order chi connectivity index (χ1) is 21.4. The maximum Gasteiger partial charge on any atom is 0.338 e. The number of hydrogen-bond donors (Lipinski definition) is 1. The molecular formula is C34H27N3O6S. The summed E-state index contributed by atoms with van der Waals surface area (Å²) in [6.07, 6.45) is 1.64. The smallest absolute Gasteiger partial charge is 0.338 e. The van der Waals surface area contributed by atoms with Crippen LogP contribution in [0.2, 0.25) is 0 Å². The lowest BCUT2D eigenvalue weighted by Gasteiger charge is -2.25. The van der Waals surface area contributed by atoms with E-state index in [1.807, 2.05) is 36.4 Å². The first-order valence-electron chi connectivity index (χ1n) is 13.7. The van der Waals surface area contributed by atoms with Crippen LogP contribution in [0.4, 0.5) is 5.69 Å². The Morgan fingerprint density at radius 1 is 0.977 bits per heavy atom. The number of esters is 1. The number of rotatable bonds is 7. The normalized spacial score (nSPS) is 14.5. The first kappa shape index (κ1) is 28.6. The van der Waals surface area contributed by atoms with Crippen LogP contribution in [0.3, 0.4) is 0 Å². The van der Waals surface area contributed by atoms with Gasteiger partial charge in [0, 0.05) is 17.3 Å². The predicted octanol–water partition coefficient (Wildman–Crippen LogP) is 4.93. The number of hydrogen-bond acceptors (Lipinski definition) is 8. The van der Waals surface area contributed by atoms with E-state index in [4.69, 9.17) is 18.9 Å². The van der Waals surface area contributed by atoms with Gasteiger partial charge in [0.25, 0.3) is 11.5 Å². The molecule has 0 bridgehead atoms. The lowest BCUT2D eigenvalue weighted by atomic mass is 9.95. The largest absolute Gasteiger partial charge is 0.497 e. The third kappa shape index (κ3) is 5.38. The molecule has 1 atom stereocenters. The van der Waals surface area contributed by atoms with Crippen molar-refractivity contribution in [1.29, 1.82) is 0 Å². The Bertz CT molecular complexity index is 2110. The quantitative estimate of drug-likeness (QED) is 0.264. The highest BCUT2D eigenvalue weighted by Gasteiger charge is 2.33. The fourth-order valence-corrected chi connectivity index (χ4v) is 6.18. The maximum absolute atomic E-state index is 14.0. The number of para-hydroxylation sites is 1. The lowest BCUT2D eigenvalue weighted by molar-refractivity contribution is -0.113. The molecule has 1 N–H and O–H groups in total. The van der Waals surface area contributed by atoms with Crippen LogP contribution >= 0.6 is 11.3 Å². The number of furan rings is 1. The van der Waals surface area contributed by atoms with Gasteiger partial charge in [-0.2, -0.15) is 0 Å². The van der Waals surface area contributed by atoms with E-state index in [0.717, 1.165) is 0 Å². The average molecular weight is 606 g/mol. The van der Waals surface area contributed by atoms with Crippen molar-refractivity contribution in [3.8, 4) is 17.1 Å². The Hall–Kier alpha value is -5.48. The van der Waals surface area contributed by atoms with E-state index in [2.05, 4.69) is 5.32 Å². The zero-order valence-corrected chi connectivity index (χ0v) is 24.9. The predicted molar refractivity (Wildman–Crippen MR) is 167 cm³/mol. The van der Waals surface area contributed by atoms with E-state index in [0.29, 0.717) is 60.3 Å². The number of carbonyl (C=O) groups excluding carboxylic acids is 2. The summed E-state index contributed by atoms with van der Waals surface area (Å²) in [7, 11) is 2.89. The molecule has 1 aliphatic heterocycles. The molecule has 10 heteroatoms. The minimum atomic E-state index is -0.758. The van der Waals surface area contributed by atoms with Crippen LogP contribution in [0.1, 0.15) is 34.6 Å². The van der Waals surface area contributed by atoms with Gasteiger partial charge in [0.2, 0.25) is 0 Å². The van der Waals surface area contributed by atoms with Gasteiger partial charge in [0.15, 0.2) is 4.80 Å². The summed E-state index contributed by atoms with van der Waals surface area (Å²) in [4.78, 5) is 45.2. The summed E-state index contributed by atoms with van der Waals surface area (Å²) in [5.41, 5.74) is 2.78. The van der Waals surface area contributed by atoms with Crippen molar-refractivity contribution in [2.75, 3.05) is 19.5 Å². The zero-order chi connectivity index (χ0) is 30.8. The zero-order valence-electron chi connectivity index (χ0n) is 24.1. The van der Waals surface area contributed by atoms with Crippen LogP contribution < -0.4 is 24.9 Å². The fraction of sp³-hybridized carbons (Fsp3) is 0.118. The van der Waals surface area contributed by atoms with E-state index < -0.39 is 12.0 Å². The Balaban J connectivity index is 1.45. The van der Waals surface area contributed by atoms with Gasteiger partial charge in [-0.05, 0) is 55.0 Å². The highest BCUT2D eigenvalue weighted by molar-refractivity contribution is 7.07. The number of amides is 1. The highest BCUT2D eigenvalue weighted by Crippen LogP contribution is 2.32. The second-order valence-corrected chi connectivity index (χ2v) is 10.9. The molecule has 0 spiro atoms. The molecule has 1 amide bonds.